The minimum absolute atomic E-state index is 0.773. The molecule has 0 saturated heterocycles. The van der Waals surface area contributed by atoms with Gasteiger partial charge in [-0.15, -0.1) is 11.3 Å². The molecular formula is C20H14BrN3S. The van der Waals surface area contributed by atoms with Crippen molar-refractivity contribution in [2.75, 3.05) is 5.43 Å². The molecule has 0 saturated carbocycles. The second-order valence-corrected chi connectivity index (χ2v) is 7.21. The topological polar surface area (TPSA) is 37.3 Å². The van der Waals surface area contributed by atoms with E-state index in [1.54, 1.807) is 6.21 Å². The van der Waals surface area contributed by atoms with Crippen molar-refractivity contribution in [2.24, 2.45) is 5.10 Å². The Labute approximate surface area is 158 Å². The number of thiazole rings is 1. The molecule has 4 aromatic rings. The van der Waals surface area contributed by atoms with Crippen molar-refractivity contribution >= 4 is 49.4 Å². The summed E-state index contributed by atoms with van der Waals surface area (Å²) in [6.45, 7) is 0. The molecule has 0 fully saturated rings. The number of hydrazone groups is 1. The van der Waals surface area contributed by atoms with Crippen molar-refractivity contribution in [2.45, 2.75) is 0 Å². The molecule has 1 heterocycles. The normalized spacial score (nSPS) is 11.2. The third-order valence-electron chi connectivity index (χ3n) is 3.78. The summed E-state index contributed by atoms with van der Waals surface area (Å²) in [7, 11) is 0. The van der Waals surface area contributed by atoms with Crippen LogP contribution < -0.4 is 5.43 Å². The lowest BCUT2D eigenvalue weighted by Crippen LogP contribution is -1.91. The van der Waals surface area contributed by atoms with E-state index in [0.717, 1.165) is 26.4 Å². The number of hydrogen-bond acceptors (Lipinski definition) is 4. The third kappa shape index (κ3) is 3.62. The minimum Gasteiger partial charge on any atom is -0.253 e. The van der Waals surface area contributed by atoms with Crippen molar-refractivity contribution in [1.29, 1.82) is 0 Å². The van der Waals surface area contributed by atoms with Crippen LogP contribution in [0.2, 0.25) is 0 Å². The smallest absolute Gasteiger partial charge is 0.203 e. The largest absolute Gasteiger partial charge is 0.253 e. The van der Waals surface area contributed by atoms with Crippen molar-refractivity contribution in [3.8, 4) is 11.3 Å². The van der Waals surface area contributed by atoms with E-state index in [4.69, 9.17) is 0 Å². The summed E-state index contributed by atoms with van der Waals surface area (Å²) in [4.78, 5) is 4.56. The Bertz CT molecular complexity index is 1040. The molecule has 4 rings (SSSR count). The van der Waals surface area contributed by atoms with Gasteiger partial charge in [-0.1, -0.05) is 70.5 Å². The molecule has 0 bridgehead atoms. The van der Waals surface area contributed by atoms with Gasteiger partial charge in [-0.2, -0.15) is 5.10 Å². The number of fused-ring (bicyclic) bond motifs is 1. The van der Waals surface area contributed by atoms with E-state index in [2.05, 4.69) is 67.8 Å². The van der Waals surface area contributed by atoms with Crippen molar-refractivity contribution < 1.29 is 0 Å². The van der Waals surface area contributed by atoms with Gasteiger partial charge in [-0.05, 0) is 28.5 Å². The van der Waals surface area contributed by atoms with E-state index in [0.29, 0.717) is 0 Å². The van der Waals surface area contributed by atoms with Crippen molar-refractivity contribution in [3.05, 3.63) is 82.1 Å². The van der Waals surface area contributed by atoms with Crippen LogP contribution >= 0.6 is 27.3 Å². The number of hydrogen-bond donors (Lipinski definition) is 1. The van der Waals surface area contributed by atoms with Crippen LogP contribution in [0.3, 0.4) is 0 Å². The first-order valence-corrected chi connectivity index (χ1v) is 9.45. The van der Waals surface area contributed by atoms with E-state index in [1.807, 2.05) is 35.7 Å². The van der Waals surface area contributed by atoms with E-state index < -0.39 is 0 Å². The molecule has 3 aromatic carbocycles. The van der Waals surface area contributed by atoms with E-state index in [-0.39, 0.29) is 0 Å². The molecular weight excluding hydrogens is 394 g/mol. The van der Waals surface area contributed by atoms with Crippen LogP contribution in [0.1, 0.15) is 5.56 Å². The van der Waals surface area contributed by atoms with Crippen LogP contribution in [0.4, 0.5) is 5.13 Å². The summed E-state index contributed by atoms with van der Waals surface area (Å²) in [6, 6.07) is 22.6. The van der Waals surface area contributed by atoms with Crippen molar-refractivity contribution in [1.82, 2.24) is 4.98 Å². The number of aromatic nitrogens is 1. The number of benzene rings is 3. The summed E-state index contributed by atoms with van der Waals surface area (Å²) >= 11 is 5.16. The van der Waals surface area contributed by atoms with Gasteiger partial charge < -0.3 is 0 Å². The average molecular weight is 408 g/mol. The molecule has 0 aliphatic rings. The molecule has 1 N–H and O–H groups in total. The highest BCUT2D eigenvalue weighted by atomic mass is 79.9. The molecule has 1 aromatic heterocycles. The first-order valence-electron chi connectivity index (χ1n) is 7.78. The van der Waals surface area contributed by atoms with Gasteiger partial charge in [-0.25, -0.2) is 4.98 Å². The van der Waals surface area contributed by atoms with Crippen LogP contribution in [-0.4, -0.2) is 11.2 Å². The maximum atomic E-state index is 4.56. The number of halogens is 1. The molecule has 0 atom stereocenters. The summed E-state index contributed by atoms with van der Waals surface area (Å²) < 4.78 is 1.06. The molecule has 0 radical (unpaired) electrons. The van der Waals surface area contributed by atoms with Gasteiger partial charge >= 0.3 is 0 Å². The second kappa shape index (κ2) is 7.17. The zero-order valence-corrected chi connectivity index (χ0v) is 15.6. The first kappa shape index (κ1) is 16.0. The molecule has 0 aliphatic carbocycles. The van der Waals surface area contributed by atoms with Gasteiger partial charge in [0.15, 0.2) is 0 Å². The summed E-state index contributed by atoms with van der Waals surface area (Å²) in [5, 5.41) is 9.49. The Morgan fingerprint density at radius 1 is 1.00 bits per heavy atom. The Morgan fingerprint density at radius 3 is 2.68 bits per heavy atom. The number of rotatable bonds is 4. The van der Waals surface area contributed by atoms with Gasteiger partial charge in [0.1, 0.15) is 0 Å². The molecule has 122 valence electrons. The van der Waals surface area contributed by atoms with Gasteiger partial charge in [0.2, 0.25) is 5.13 Å². The third-order valence-corrected chi connectivity index (χ3v) is 5.18. The molecule has 0 aliphatic heterocycles. The molecule has 0 amide bonds. The molecule has 0 unspecified atom stereocenters. The van der Waals surface area contributed by atoms with Crippen LogP contribution in [0, 0.1) is 0 Å². The summed E-state index contributed by atoms with van der Waals surface area (Å²) in [6.07, 6.45) is 1.81. The monoisotopic (exact) mass is 407 g/mol. The molecule has 25 heavy (non-hydrogen) atoms. The van der Waals surface area contributed by atoms with E-state index >= 15 is 0 Å². The standard InChI is InChI=1S/C20H14BrN3S/c21-18-11-14(10-16-8-4-5-9-17(16)18)12-22-24-20-23-19(13-25-20)15-6-2-1-3-7-15/h1-13H,(H,23,24). The van der Waals surface area contributed by atoms with Crippen LogP contribution in [0.15, 0.2) is 81.7 Å². The van der Waals surface area contributed by atoms with Crippen LogP contribution in [0.5, 0.6) is 0 Å². The number of nitrogens with zero attached hydrogens (tertiary/aromatic N) is 2. The Hall–Kier alpha value is -2.50. The van der Waals surface area contributed by atoms with Gasteiger partial charge in [-0.3, -0.25) is 5.43 Å². The van der Waals surface area contributed by atoms with E-state index in [1.165, 1.54) is 22.1 Å². The highest BCUT2D eigenvalue weighted by molar-refractivity contribution is 9.10. The zero-order valence-electron chi connectivity index (χ0n) is 13.2. The lowest BCUT2D eigenvalue weighted by molar-refractivity contribution is 1.29. The van der Waals surface area contributed by atoms with Gasteiger partial charge in [0.25, 0.3) is 0 Å². The fraction of sp³-hybridized carbons (Fsp3) is 0. The lowest BCUT2D eigenvalue weighted by atomic mass is 10.1. The summed E-state index contributed by atoms with van der Waals surface area (Å²) in [5.41, 5.74) is 6.10. The Kier molecular flexibility index (Phi) is 4.59. The molecule has 3 nitrogen and oxygen atoms in total. The zero-order chi connectivity index (χ0) is 17.1. The van der Waals surface area contributed by atoms with Gasteiger partial charge in [0, 0.05) is 15.4 Å². The minimum atomic E-state index is 0.773. The number of anilines is 1. The van der Waals surface area contributed by atoms with E-state index in [9.17, 15) is 0 Å². The highest BCUT2D eigenvalue weighted by Gasteiger charge is 2.03. The predicted octanol–water partition coefficient (Wildman–Crippen LogP) is 6.17. The molecule has 0 spiro atoms. The fourth-order valence-electron chi connectivity index (χ4n) is 2.59. The fourth-order valence-corrected chi connectivity index (χ4v) is 3.88. The first-order chi connectivity index (χ1) is 12.3. The summed E-state index contributed by atoms with van der Waals surface area (Å²) in [5.74, 6) is 0. The van der Waals surface area contributed by atoms with Crippen LogP contribution in [0.25, 0.3) is 22.0 Å². The molecule has 5 heteroatoms. The maximum Gasteiger partial charge on any atom is 0.203 e. The second-order valence-electron chi connectivity index (χ2n) is 5.50. The maximum absolute atomic E-state index is 4.56. The average Bonchev–Trinajstić information content (AvgIpc) is 3.12. The Balaban J connectivity index is 1.51. The SMILES string of the molecule is Brc1cc(C=NNc2nc(-c3ccccc3)cs2)cc2ccccc12. The van der Waals surface area contributed by atoms with Gasteiger partial charge in [0.05, 0.1) is 11.9 Å². The number of nitrogens with one attached hydrogen (secondary N) is 1. The quantitative estimate of drug-likeness (QED) is 0.324. The highest BCUT2D eigenvalue weighted by Crippen LogP contribution is 2.26. The Morgan fingerprint density at radius 2 is 1.80 bits per heavy atom. The predicted molar refractivity (Wildman–Crippen MR) is 110 cm³/mol. The van der Waals surface area contributed by atoms with Crippen molar-refractivity contribution in [3.63, 3.8) is 0 Å². The lowest BCUT2D eigenvalue weighted by Gasteiger charge is -2.02. The van der Waals surface area contributed by atoms with Crippen LogP contribution in [-0.2, 0) is 0 Å².